The summed E-state index contributed by atoms with van der Waals surface area (Å²) in [7, 11) is 0. The smallest absolute Gasteiger partial charge is 0.410 e. The molecule has 0 aliphatic heterocycles. The van der Waals surface area contributed by atoms with Gasteiger partial charge in [0.2, 0.25) is 0 Å². The molecule has 3 aromatic rings. The second-order valence-corrected chi connectivity index (χ2v) is 11.3. The number of nitrogens with zero attached hydrogens (tertiary/aromatic N) is 4. The van der Waals surface area contributed by atoms with Crippen LogP contribution in [0.4, 0.5) is 10.7 Å². The van der Waals surface area contributed by atoms with Crippen molar-refractivity contribution in [2.75, 3.05) is 11.6 Å². The molecular weight excluding hydrogens is 488 g/mol. The third-order valence-corrected chi connectivity index (χ3v) is 7.74. The summed E-state index contributed by atoms with van der Waals surface area (Å²) in [6, 6.07) is 14.8. The van der Waals surface area contributed by atoms with Crippen LogP contribution in [0.3, 0.4) is 0 Å². The molecule has 10 heteroatoms. The van der Waals surface area contributed by atoms with Gasteiger partial charge in [-0.3, -0.25) is 10.1 Å². The number of benzene rings is 2. The molecule has 0 unspecified atom stereocenters. The number of thioether (sulfide) groups is 1. The number of anilines is 1. The van der Waals surface area contributed by atoms with Gasteiger partial charge < -0.3 is 9.64 Å². The number of aromatic amines is 1. The van der Waals surface area contributed by atoms with Gasteiger partial charge in [0.05, 0.1) is 0 Å². The summed E-state index contributed by atoms with van der Waals surface area (Å²) in [6.45, 7) is 7.27. The average molecular weight is 523 g/mol. The molecule has 2 aromatic carbocycles. The van der Waals surface area contributed by atoms with Crippen molar-refractivity contribution in [3.63, 3.8) is 0 Å². The number of ether oxygens (including phenoxy) is 1. The maximum absolute atomic E-state index is 13.4. The highest BCUT2D eigenvalue weighted by Crippen LogP contribution is 2.39. The molecule has 2 N–H and O–H groups in total. The van der Waals surface area contributed by atoms with E-state index in [0.717, 1.165) is 36.1 Å². The van der Waals surface area contributed by atoms with Crippen LogP contribution in [0.5, 0.6) is 5.75 Å². The maximum Gasteiger partial charge on any atom is 0.415 e. The van der Waals surface area contributed by atoms with Crippen LogP contribution in [0, 0.1) is 11.3 Å². The molecule has 1 aromatic heterocycles. The van der Waals surface area contributed by atoms with E-state index in [1.54, 1.807) is 23.9 Å². The monoisotopic (exact) mass is 522 g/mol. The summed E-state index contributed by atoms with van der Waals surface area (Å²) >= 11 is 1.64. The molecule has 0 atom stereocenters. The summed E-state index contributed by atoms with van der Waals surface area (Å²) < 4.78 is 5.81. The van der Waals surface area contributed by atoms with Gasteiger partial charge in [-0.25, -0.2) is 4.79 Å². The maximum atomic E-state index is 13.4. The highest BCUT2D eigenvalue weighted by molar-refractivity contribution is 7.98. The van der Waals surface area contributed by atoms with E-state index in [1.807, 2.05) is 47.6 Å². The third-order valence-electron chi connectivity index (χ3n) is 7.00. The quantitative estimate of drug-likeness (QED) is 0.378. The predicted molar refractivity (Wildman–Crippen MR) is 144 cm³/mol. The molecule has 196 valence electrons. The minimum Gasteiger partial charge on any atom is -0.410 e. The van der Waals surface area contributed by atoms with E-state index in [1.165, 1.54) is 0 Å². The van der Waals surface area contributed by atoms with Crippen LogP contribution in [0.1, 0.15) is 62.4 Å². The molecule has 9 nitrogen and oxygen atoms in total. The molecule has 1 aliphatic carbocycles. The van der Waals surface area contributed by atoms with Crippen LogP contribution in [0.15, 0.2) is 53.4 Å². The van der Waals surface area contributed by atoms with Crippen molar-refractivity contribution in [3.8, 4) is 5.75 Å². The number of carbonyl (C=O) groups is 2. The van der Waals surface area contributed by atoms with Crippen molar-refractivity contribution in [2.24, 2.45) is 11.3 Å². The number of H-pyrrole nitrogens is 1. The lowest BCUT2D eigenvalue weighted by Gasteiger charge is -2.40. The number of hydrogen-bond donors (Lipinski definition) is 2. The molecule has 0 saturated heterocycles. The van der Waals surface area contributed by atoms with Gasteiger partial charge in [0.1, 0.15) is 5.75 Å². The lowest BCUT2D eigenvalue weighted by Crippen LogP contribution is -2.44. The van der Waals surface area contributed by atoms with Crippen molar-refractivity contribution < 1.29 is 14.3 Å². The first-order chi connectivity index (χ1) is 17.7. The molecule has 1 heterocycles. The first-order valence-electron chi connectivity index (χ1n) is 12.5. The second kappa shape index (κ2) is 11.8. The summed E-state index contributed by atoms with van der Waals surface area (Å²) in [4.78, 5) is 28.8. The number of amides is 2. The Labute approximate surface area is 221 Å². The van der Waals surface area contributed by atoms with Gasteiger partial charge in [0.15, 0.2) is 0 Å². The Hall–Kier alpha value is -3.40. The zero-order valence-electron chi connectivity index (χ0n) is 21.7. The normalized spacial score (nSPS) is 17.7. The van der Waals surface area contributed by atoms with Crippen molar-refractivity contribution >= 4 is 29.7 Å². The minimum atomic E-state index is -0.352. The van der Waals surface area contributed by atoms with Crippen LogP contribution in [0.2, 0.25) is 0 Å². The Bertz CT molecular complexity index is 1170. The zero-order chi connectivity index (χ0) is 26.4. The molecule has 2 amide bonds. The number of carbonyl (C=O) groups excluding carboxylic acids is 2. The van der Waals surface area contributed by atoms with Crippen molar-refractivity contribution in [1.29, 1.82) is 0 Å². The Morgan fingerprint density at radius 2 is 1.73 bits per heavy atom. The lowest BCUT2D eigenvalue weighted by atomic mass is 9.71. The van der Waals surface area contributed by atoms with Crippen molar-refractivity contribution in [2.45, 2.75) is 63.9 Å². The number of hydrogen-bond acceptors (Lipinski definition) is 7. The van der Waals surface area contributed by atoms with E-state index in [-0.39, 0.29) is 29.4 Å². The Kier molecular flexibility index (Phi) is 8.48. The summed E-state index contributed by atoms with van der Waals surface area (Å²) in [5.74, 6) is 0.945. The fraction of sp³-hybridized carbons (Fsp3) is 0.444. The largest absolute Gasteiger partial charge is 0.415 e. The number of aromatic nitrogens is 4. The minimum absolute atomic E-state index is 0.0952. The molecule has 0 radical (unpaired) electrons. The highest BCUT2D eigenvalue weighted by Gasteiger charge is 2.34. The van der Waals surface area contributed by atoms with Crippen LogP contribution in [-0.4, -0.2) is 49.8 Å². The van der Waals surface area contributed by atoms with Crippen molar-refractivity contribution in [1.82, 2.24) is 25.5 Å². The van der Waals surface area contributed by atoms with Crippen LogP contribution in [-0.2, 0) is 6.54 Å². The summed E-state index contributed by atoms with van der Waals surface area (Å²) in [6.07, 6.45) is 5.69. The van der Waals surface area contributed by atoms with Crippen molar-refractivity contribution in [3.05, 3.63) is 59.7 Å². The van der Waals surface area contributed by atoms with Crippen LogP contribution in [0.25, 0.3) is 0 Å². The molecular formula is C27H34N6O3S. The fourth-order valence-corrected chi connectivity index (χ4v) is 5.15. The lowest BCUT2D eigenvalue weighted by molar-refractivity contribution is 0.0843. The molecule has 0 bridgehead atoms. The molecule has 1 aliphatic rings. The highest BCUT2D eigenvalue weighted by atomic mass is 32.2. The van der Waals surface area contributed by atoms with E-state index < -0.39 is 0 Å². The Balaban J connectivity index is 1.47. The standard InChI is InChI=1S/C27H34N6O3S/c1-27(2,3)20-9-11-21(12-10-20)33(26(35)36-22-13-15-23(37-4)16-14-22)17-18-5-7-19(8-6-18)24(34)28-25-29-31-32-30-25/h5-8,13-16,20-21H,9-12,17H2,1-4H3,(H2,28,29,30,31,32,34). The predicted octanol–water partition coefficient (Wildman–Crippen LogP) is 5.78. The van der Waals surface area contributed by atoms with E-state index >= 15 is 0 Å². The molecule has 37 heavy (non-hydrogen) atoms. The molecule has 1 fully saturated rings. The first kappa shape index (κ1) is 26.7. The number of nitrogens with one attached hydrogen (secondary N) is 2. The number of tetrazole rings is 1. The average Bonchev–Trinajstić information content (AvgIpc) is 3.40. The second-order valence-electron chi connectivity index (χ2n) is 10.4. The molecule has 0 spiro atoms. The van der Waals surface area contributed by atoms with Gasteiger partial charge in [-0.2, -0.15) is 5.21 Å². The van der Waals surface area contributed by atoms with E-state index in [0.29, 0.717) is 23.8 Å². The van der Waals surface area contributed by atoms with Gasteiger partial charge in [-0.05, 0) is 90.4 Å². The third kappa shape index (κ3) is 7.09. The molecule has 4 rings (SSSR count). The first-order valence-corrected chi connectivity index (χ1v) is 13.7. The summed E-state index contributed by atoms with van der Waals surface area (Å²) in [5.41, 5.74) is 1.64. The van der Waals surface area contributed by atoms with E-state index in [9.17, 15) is 9.59 Å². The zero-order valence-corrected chi connectivity index (χ0v) is 22.5. The van der Waals surface area contributed by atoms with Gasteiger partial charge >= 0.3 is 6.09 Å². The van der Waals surface area contributed by atoms with Gasteiger partial charge in [-0.15, -0.1) is 16.9 Å². The Morgan fingerprint density at radius 3 is 2.30 bits per heavy atom. The van der Waals surface area contributed by atoms with Crippen LogP contribution < -0.4 is 10.1 Å². The van der Waals surface area contributed by atoms with Gasteiger partial charge in [0, 0.05) is 23.0 Å². The van der Waals surface area contributed by atoms with Gasteiger partial charge in [-0.1, -0.05) is 38.0 Å². The topological polar surface area (TPSA) is 113 Å². The van der Waals surface area contributed by atoms with Gasteiger partial charge in [0.25, 0.3) is 11.9 Å². The number of rotatable bonds is 7. The fourth-order valence-electron chi connectivity index (χ4n) is 4.75. The van der Waals surface area contributed by atoms with E-state index in [4.69, 9.17) is 4.74 Å². The van der Waals surface area contributed by atoms with Crippen LogP contribution >= 0.6 is 11.8 Å². The summed E-state index contributed by atoms with van der Waals surface area (Å²) in [5, 5.41) is 15.8. The Morgan fingerprint density at radius 1 is 1.05 bits per heavy atom. The molecule has 1 saturated carbocycles. The SMILES string of the molecule is CSc1ccc(OC(=O)N(Cc2ccc(C(=O)Nc3nn[nH]n3)cc2)C2CCC(C(C)(C)C)CC2)cc1. The van der Waals surface area contributed by atoms with E-state index in [2.05, 4.69) is 46.7 Å².